The highest BCUT2D eigenvalue weighted by Gasteiger charge is 2.08. The van der Waals surface area contributed by atoms with Crippen molar-refractivity contribution in [1.82, 2.24) is 4.98 Å². The summed E-state index contributed by atoms with van der Waals surface area (Å²) in [6.45, 7) is 3.80. The number of aromatic nitrogens is 1. The van der Waals surface area contributed by atoms with E-state index in [2.05, 4.69) is 20.9 Å². The Hall–Kier alpha value is -1.42. The van der Waals surface area contributed by atoms with E-state index in [0.717, 1.165) is 11.1 Å². The van der Waals surface area contributed by atoms with Gasteiger partial charge in [0, 0.05) is 6.20 Å². The molecule has 0 saturated carbocycles. The molecule has 1 aromatic heterocycles. The average Bonchev–Trinajstić information content (AvgIpc) is 2.27. The summed E-state index contributed by atoms with van der Waals surface area (Å²) >= 11 is 3.34. The number of hydrogen-bond donors (Lipinski definition) is 0. The SMILES string of the molecule is Cc1cnc(Oc2cc(C)ccc2F)c(Br)c1. The van der Waals surface area contributed by atoms with E-state index in [1.54, 1.807) is 18.3 Å². The Balaban J connectivity index is 2.34. The molecule has 0 aliphatic rings. The van der Waals surface area contributed by atoms with Crippen LogP contribution >= 0.6 is 15.9 Å². The van der Waals surface area contributed by atoms with Gasteiger partial charge in [0.15, 0.2) is 11.6 Å². The number of benzene rings is 1. The molecule has 0 N–H and O–H groups in total. The molecular formula is C13H11BrFNO. The molecule has 0 radical (unpaired) electrons. The number of hydrogen-bond acceptors (Lipinski definition) is 2. The zero-order valence-electron chi connectivity index (χ0n) is 9.50. The third kappa shape index (κ3) is 2.82. The van der Waals surface area contributed by atoms with Crippen LogP contribution in [-0.4, -0.2) is 4.98 Å². The predicted octanol–water partition coefficient (Wildman–Crippen LogP) is 4.39. The Kier molecular flexibility index (Phi) is 3.43. The molecule has 0 spiro atoms. The molecule has 1 heterocycles. The number of halogens is 2. The van der Waals surface area contributed by atoms with Crippen molar-refractivity contribution in [3.05, 3.63) is 51.9 Å². The molecular weight excluding hydrogens is 285 g/mol. The van der Waals surface area contributed by atoms with Crippen LogP contribution in [0.4, 0.5) is 4.39 Å². The molecule has 4 heteroatoms. The molecule has 0 bridgehead atoms. The van der Waals surface area contributed by atoms with Crippen LogP contribution < -0.4 is 4.74 Å². The molecule has 0 saturated heterocycles. The molecule has 0 fully saturated rings. The van der Waals surface area contributed by atoms with Crippen molar-refractivity contribution in [2.75, 3.05) is 0 Å². The van der Waals surface area contributed by atoms with Crippen molar-refractivity contribution in [2.24, 2.45) is 0 Å². The van der Waals surface area contributed by atoms with E-state index >= 15 is 0 Å². The zero-order chi connectivity index (χ0) is 12.4. The van der Waals surface area contributed by atoms with E-state index in [1.807, 2.05) is 19.9 Å². The standard InChI is InChI=1S/C13H11BrFNO/c1-8-3-4-11(15)12(6-8)17-13-10(14)5-9(2)7-16-13/h3-7H,1-2H3. The molecule has 1 aromatic carbocycles. The molecule has 2 nitrogen and oxygen atoms in total. The lowest BCUT2D eigenvalue weighted by Crippen LogP contribution is -1.93. The Morgan fingerprint density at radius 1 is 1.18 bits per heavy atom. The number of ether oxygens (including phenoxy) is 1. The van der Waals surface area contributed by atoms with Crippen LogP contribution in [0, 0.1) is 19.7 Å². The highest BCUT2D eigenvalue weighted by atomic mass is 79.9. The van der Waals surface area contributed by atoms with Gasteiger partial charge in [-0.05, 0) is 59.1 Å². The van der Waals surface area contributed by atoms with Crippen LogP contribution in [0.1, 0.15) is 11.1 Å². The van der Waals surface area contributed by atoms with Crippen molar-refractivity contribution >= 4 is 15.9 Å². The minimum Gasteiger partial charge on any atom is -0.435 e. The molecule has 0 aliphatic heterocycles. The summed E-state index contributed by atoms with van der Waals surface area (Å²) in [6, 6.07) is 6.59. The van der Waals surface area contributed by atoms with Crippen LogP contribution in [0.25, 0.3) is 0 Å². The fourth-order valence-corrected chi connectivity index (χ4v) is 1.93. The molecule has 88 valence electrons. The van der Waals surface area contributed by atoms with Gasteiger partial charge in [0.2, 0.25) is 5.88 Å². The van der Waals surface area contributed by atoms with Gasteiger partial charge in [0.1, 0.15) is 0 Å². The Morgan fingerprint density at radius 2 is 1.94 bits per heavy atom. The van der Waals surface area contributed by atoms with E-state index in [1.165, 1.54) is 6.07 Å². The van der Waals surface area contributed by atoms with Crippen molar-refractivity contribution in [2.45, 2.75) is 13.8 Å². The third-order valence-electron chi connectivity index (χ3n) is 2.24. The highest BCUT2D eigenvalue weighted by molar-refractivity contribution is 9.10. The monoisotopic (exact) mass is 295 g/mol. The fourth-order valence-electron chi connectivity index (χ4n) is 1.39. The lowest BCUT2D eigenvalue weighted by Gasteiger charge is -2.08. The number of nitrogens with zero attached hydrogens (tertiary/aromatic N) is 1. The van der Waals surface area contributed by atoms with Gasteiger partial charge in [-0.15, -0.1) is 0 Å². The first-order valence-corrected chi connectivity index (χ1v) is 5.92. The van der Waals surface area contributed by atoms with E-state index in [9.17, 15) is 4.39 Å². The molecule has 2 rings (SSSR count). The largest absolute Gasteiger partial charge is 0.435 e. The van der Waals surface area contributed by atoms with Gasteiger partial charge >= 0.3 is 0 Å². The minimum atomic E-state index is -0.398. The quantitative estimate of drug-likeness (QED) is 0.820. The van der Waals surface area contributed by atoms with Crippen molar-refractivity contribution in [3.63, 3.8) is 0 Å². The Labute approximate surface area is 108 Å². The summed E-state index contributed by atoms with van der Waals surface area (Å²) in [4.78, 5) is 4.11. The highest BCUT2D eigenvalue weighted by Crippen LogP contribution is 2.29. The van der Waals surface area contributed by atoms with E-state index < -0.39 is 5.82 Å². The van der Waals surface area contributed by atoms with E-state index in [0.29, 0.717) is 10.4 Å². The second-order valence-corrected chi connectivity index (χ2v) is 4.69. The number of pyridine rings is 1. The summed E-state index contributed by atoms with van der Waals surface area (Å²) in [6.07, 6.45) is 1.67. The van der Waals surface area contributed by atoms with Gasteiger partial charge in [-0.1, -0.05) is 6.07 Å². The average molecular weight is 296 g/mol. The first-order valence-electron chi connectivity index (χ1n) is 5.12. The second-order valence-electron chi connectivity index (χ2n) is 3.84. The van der Waals surface area contributed by atoms with Crippen LogP contribution in [0.15, 0.2) is 34.9 Å². The van der Waals surface area contributed by atoms with Crippen LogP contribution in [0.2, 0.25) is 0 Å². The first kappa shape index (κ1) is 12.0. The Bertz CT molecular complexity index is 557. The van der Waals surface area contributed by atoms with E-state index in [-0.39, 0.29) is 5.75 Å². The summed E-state index contributed by atoms with van der Waals surface area (Å²) in [5.74, 6) is 0.145. The lowest BCUT2D eigenvalue weighted by atomic mass is 10.2. The molecule has 2 aromatic rings. The maximum absolute atomic E-state index is 13.5. The van der Waals surface area contributed by atoms with Crippen molar-refractivity contribution in [1.29, 1.82) is 0 Å². The third-order valence-corrected chi connectivity index (χ3v) is 2.81. The summed E-state index contributed by atoms with van der Waals surface area (Å²) in [5, 5.41) is 0. The van der Waals surface area contributed by atoms with E-state index in [4.69, 9.17) is 4.74 Å². The minimum absolute atomic E-state index is 0.182. The second kappa shape index (κ2) is 4.84. The van der Waals surface area contributed by atoms with Crippen LogP contribution in [-0.2, 0) is 0 Å². The normalized spacial score (nSPS) is 10.4. The van der Waals surface area contributed by atoms with Crippen LogP contribution in [0.5, 0.6) is 11.6 Å². The van der Waals surface area contributed by atoms with Gasteiger partial charge in [-0.2, -0.15) is 0 Å². The predicted molar refractivity (Wildman–Crippen MR) is 67.9 cm³/mol. The zero-order valence-corrected chi connectivity index (χ0v) is 11.1. The first-order chi connectivity index (χ1) is 8.06. The number of aryl methyl sites for hydroxylation is 2. The lowest BCUT2D eigenvalue weighted by molar-refractivity contribution is 0.424. The fraction of sp³-hybridized carbons (Fsp3) is 0.154. The van der Waals surface area contributed by atoms with Gasteiger partial charge < -0.3 is 4.74 Å². The van der Waals surface area contributed by atoms with Crippen LogP contribution in [0.3, 0.4) is 0 Å². The molecule has 17 heavy (non-hydrogen) atoms. The summed E-state index contributed by atoms with van der Waals surface area (Å²) in [7, 11) is 0. The Morgan fingerprint density at radius 3 is 2.65 bits per heavy atom. The van der Waals surface area contributed by atoms with Gasteiger partial charge in [-0.3, -0.25) is 0 Å². The van der Waals surface area contributed by atoms with Gasteiger partial charge in [-0.25, -0.2) is 9.37 Å². The van der Waals surface area contributed by atoms with Crippen molar-refractivity contribution in [3.8, 4) is 11.6 Å². The molecule has 0 aliphatic carbocycles. The van der Waals surface area contributed by atoms with Gasteiger partial charge in [0.25, 0.3) is 0 Å². The van der Waals surface area contributed by atoms with Gasteiger partial charge in [0.05, 0.1) is 4.47 Å². The summed E-state index contributed by atoms with van der Waals surface area (Å²) < 4.78 is 19.6. The smallest absolute Gasteiger partial charge is 0.233 e. The molecule has 0 unspecified atom stereocenters. The summed E-state index contributed by atoms with van der Waals surface area (Å²) in [5.41, 5.74) is 1.94. The van der Waals surface area contributed by atoms with Crippen molar-refractivity contribution < 1.29 is 9.13 Å². The maximum Gasteiger partial charge on any atom is 0.233 e. The molecule has 0 atom stereocenters. The number of rotatable bonds is 2. The molecule has 0 amide bonds. The topological polar surface area (TPSA) is 22.1 Å². The maximum atomic E-state index is 13.5.